The maximum absolute atomic E-state index is 12.8. The van der Waals surface area contributed by atoms with Gasteiger partial charge in [-0.3, -0.25) is 9.48 Å². The molecule has 9 heteroatoms. The molecule has 0 radical (unpaired) electrons. The molecule has 0 saturated carbocycles. The lowest BCUT2D eigenvalue weighted by molar-refractivity contribution is 0.102. The number of sulfone groups is 1. The van der Waals surface area contributed by atoms with E-state index in [1.807, 2.05) is 13.8 Å². The fourth-order valence-electron chi connectivity index (χ4n) is 3.55. The van der Waals surface area contributed by atoms with Crippen molar-refractivity contribution >= 4 is 21.6 Å². The lowest BCUT2D eigenvalue weighted by Crippen LogP contribution is -2.24. The first-order valence-electron chi connectivity index (χ1n) is 10.2. The summed E-state index contributed by atoms with van der Waals surface area (Å²) in [6.07, 6.45) is 2.35. The molecule has 2 heterocycles. The number of hydrogen-bond donors (Lipinski definition) is 1. The fraction of sp³-hybridized carbons (Fsp3) is 0.304. The van der Waals surface area contributed by atoms with Crippen LogP contribution in [-0.4, -0.2) is 35.5 Å². The van der Waals surface area contributed by atoms with Gasteiger partial charge in [0.1, 0.15) is 22.8 Å². The molecule has 0 bridgehead atoms. The first kappa shape index (κ1) is 21.9. The predicted molar refractivity (Wildman–Crippen MR) is 120 cm³/mol. The average molecular weight is 456 g/mol. The van der Waals surface area contributed by atoms with Crippen molar-refractivity contribution in [1.29, 1.82) is 0 Å². The zero-order valence-corrected chi connectivity index (χ0v) is 19.2. The molecule has 0 saturated heterocycles. The van der Waals surface area contributed by atoms with Gasteiger partial charge in [-0.15, -0.1) is 0 Å². The van der Waals surface area contributed by atoms with Crippen molar-refractivity contribution in [2.45, 2.75) is 37.7 Å². The van der Waals surface area contributed by atoms with Crippen LogP contribution in [0.1, 0.15) is 36.7 Å². The van der Waals surface area contributed by atoms with E-state index in [0.717, 1.165) is 5.56 Å². The second kappa shape index (κ2) is 7.98. The number of ether oxygens (including phenoxy) is 2. The Morgan fingerprint density at radius 2 is 1.94 bits per heavy atom. The van der Waals surface area contributed by atoms with Crippen molar-refractivity contribution in [2.24, 2.45) is 7.05 Å². The maximum atomic E-state index is 12.8. The van der Waals surface area contributed by atoms with E-state index in [-0.39, 0.29) is 16.6 Å². The highest BCUT2D eigenvalue weighted by Crippen LogP contribution is 2.43. The fourth-order valence-corrected chi connectivity index (χ4v) is 4.43. The third-order valence-electron chi connectivity index (χ3n) is 5.16. The van der Waals surface area contributed by atoms with E-state index in [9.17, 15) is 13.2 Å². The highest BCUT2D eigenvalue weighted by Gasteiger charge is 2.34. The van der Waals surface area contributed by atoms with Crippen LogP contribution in [-0.2, 0) is 23.3 Å². The highest BCUT2D eigenvalue weighted by atomic mass is 32.2. The third-order valence-corrected chi connectivity index (χ3v) is 6.92. The van der Waals surface area contributed by atoms with Crippen LogP contribution in [0.25, 0.3) is 0 Å². The number of benzene rings is 2. The smallest absolute Gasteiger partial charge is 0.257 e. The summed E-state index contributed by atoms with van der Waals surface area (Å²) in [6, 6.07) is 11.3. The Hall–Kier alpha value is -3.33. The molecule has 1 aromatic heterocycles. The topological polar surface area (TPSA) is 99.5 Å². The summed E-state index contributed by atoms with van der Waals surface area (Å²) in [6.45, 7) is 5.54. The summed E-state index contributed by atoms with van der Waals surface area (Å²) < 4.78 is 37.8. The van der Waals surface area contributed by atoms with Crippen LogP contribution >= 0.6 is 0 Å². The van der Waals surface area contributed by atoms with Crippen LogP contribution in [0.3, 0.4) is 0 Å². The van der Waals surface area contributed by atoms with Crippen molar-refractivity contribution in [2.75, 3.05) is 11.1 Å². The van der Waals surface area contributed by atoms with Crippen molar-refractivity contribution in [1.82, 2.24) is 9.78 Å². The first-order valence-corrected chi connectivity index (χ1v) is 11.9. The molecule has 3 aromatic rings. The van der Waals surface area contributed by atoms with Crippen molar-refractivity contribution in [3.63, 3.8) is 0 Å². The van der Waals surface area contributed by atoms with Gasteiger partial charge in [0.2, 0.25) is 0 Å². The van der Waals surface area contributed by atoms with Crippen LogP contribution < -0.4 is 14.8 Å². The first-order chi connectivity index (χ1) is 15.1. The van der Waals surface area contributed by atoms with Gasteiger partial charge in [-0.2, -0.15) is 5.10 Å². The highest BCUT2D eigenvalue weighted by molar-refractivity contribution is 7.91. The Morgan fingerprint density at radius 1 is 1.22 bits per heavy atom. The van der Waals surface area contributed by atoms with Crippen LogP contribution in [0, 0.1) is 0 Å². The molecule has 4 rings (SSSR count). The predicted octanol–water partition coefficient (Wildman–Crippen LogP) is 3.97. The molecule has 1 N–H and O–H groups in total. The van der Waals surface area contributed by atoms with E-state index >= 15 is 0 Å². The standard InChI is InChI=1S/C23H25N3O5S/c1-5-32(28,29)17-8-6-16(7-9-17)30-19-12-15(13-20-18(19)14-23(2,3)31-20)22(27)24-21-10-11-26(4)25-21/h6-13H,5,14H2,1-4H3,(H,24,25,27). The van der Waals surface area contributed by atoms with Crippen LogP contribution in [0.2, 0.25) is 0 Å². The number of aromatic nitrogens is 2. The molecule has 1 amide bonds. The summed E-state index contributed by atoms with van der Waals surface area (Å²) in [5.41, 5.74) is 0.789. The second-order valence-corrected chi connectivity index (χ2v) is 10.6. The molecule has 1 aliphatic heterocycles. The lowest BCUT2D eigenvalue weighted by atomic mass is 9.99. The molecule has 2 aromatic carbocycles. The average Bonchev–Trinajstić information content (AvgIpc) is 3.29. The molecule has 168 valence electrons. The molecule has 8 nitrogen and oxygen atoms in total. The summed E-state index contributed by atoms with van der Waals surface area (Å²) >= 11 is 0. The normalized spacial score (nSPS) is 14.5. The number of carbonyl (C=O) groups is 1. The van der Waals surface area contributed by atoms with Gasteiger partial charge in [-0.25, -0.2) is 8.42 Å². The SMILES string of the molecule is CCS(=O)(=O)c1ccc(Oc2cc(C(=O)Nc3ccn(C)n3)cc3c2CC(C)(C)O3)cc1. The molecule has 1 aliphatic rings. The van der Waals surface area contributed by atoms with Crippen molar-refractivity contribution < 1.29 is 22.7 Å². The van der Waals surface area contributed by atoms with E-state index < -0.39 is 15.4 Å². The maximum Gasteiger partial charge on any atom is 0.257 e. The number of hydrogen-bond acceptors (Lipinski definition) is 6. The minimum absolute atomic E-state index is 0.0283. The van der Waals surface area contributed by atoms with Gasteiger partial charge in [-0.1, -0.05) is 6.92 Å². The lowest BCUT2D eigenvalue weighted by Gasteiger charge is -2.16. The van der Waals surface area contributed by atoms with E-state index in [1.165, 1.54) is 12.1 Å². The summed E-state index contributed by atoms with van der Waals surface area (Å²) in [4.78, 5) is 13.1. The van der Waals surface area contributed by atoms with E-state index in [0.29, 0.717) is 35.1 Å². The van der Waals surface area contributed by atoms with E-state index in [1.54, 1.807) is 55.2 Å². The quantitative estimate of drug-likeness (QED) is 0.604. The van der Waals surface area contributed by atoms with E-state index in [4.69, 9.17) is 9.47 Å². The second-order valence-electron chi connectivity index (χ2n) is 8.30. The number of carbonyl (C=O) groups excluding carboxylic acids is 1. The molecule has 0 spiro atoms. The minimum Gasteiger partial charge on any atom is -0.487 e. The molecule has 32 heavy (non-hydrogen) atoms. The number of aryl methyl sites for hydroxylation is 1. The van der Waals surface area contributed by atoms with Crippen LogP contribution in [0.5, 0.6) is 17.2 Å². The van der Waals surface area contributed by atoms with Gasteiger partial charge >= 0.3 is 0 Å². The zero-order valence-electron chi connectivity index (χ0n) is 18.4. The van der Waals surface area contributed by atoms with Gasteiger partial charge in [-0.05, 0) is 50.2 Å². The largest absolute Gasteiger partial charge is 0.487 e. The van der Waals surface area contributed by atoms with Crippen LogP contribution in [0.4, 0.5) is 5.82 Å². The monoisotopic (exact) mass is 455 g/mol. The van der Waals surface area contributed by atoms with Gasteiger partial charge in [0.15, 0.2) is 15.7 Å². The summed E-state index contributed by atoms with van der Waals surface area (Å²) in [5, 5.41) is 6.93. The summed E-state index contributed by atoms with van der Waals surface area (Å²) in [5.74, 6) is 1.67. The van der Waals surface area contributed by atoms with Gasteiger partial charge in [0.25, 0.3) is 5.91 Å². The van der Waals surface area contributed by atoms with Crippen LogP contribution in [0.15, 0.2) is 53.6 Å². The zero-order chi connectivity index (χ0) is 23.1. The van der Waals surface area contributed by atoms with Gasteiger partial charge in [0, 0.05) is 36.9 Å². The number of rotatable bonds is 6. The number of anilines is 1. The Labute approximate surface area is 187 Å². The molecule has 0 atom stereocenters. The molecular formula is C23H25N3O5S. The van der Waals surface area contributed by atoms with Crippen molar-refractivity contribution in [3.8, 4) is 17.2 Å². The number of amides is 1. The van der Waals surface area contributed by atoms with Gasteiger partial charge in [0.05, 0.1) is 10.6 Å². The molecule has 0 aliphatic carbocycles. The molecular weight excluding hydrogens is 430 g/mol. The Morgan fingerprint density at radius 3 is 2.56 bits per heavy atom. The molecule has 0 fully saturated rings. The number of nitrogens with zero attached hydrogens (tertiary/aromatic N) is 2. The number of nitrogens with one attached hydrogen (secondary N) is 1. The van der Waals surface area contributed by atoms with E-state index in [2.05, 4.69) is 10.4 Å². The number of fused-ring (bicyclic) bond motifs is 1. The molecule has 0 unspecified atom stereocenters. The Kier molecular flexibility index (Phi) is 5.46. The minimum atomic E-state index is -3.29. The van der Waals surface area contributed by atoms with Crippen molar-refractivity contribution in [3.05, 3.63) is 59.8 Å². The summed E-state index contributed by atoms with van der Waals surface area (Å²) in [7, 11) is -1.53. The third kappa shape index (κ3) is 4.47. The Bertz CT molecular complexity index is 1280. The Balaban J connectivity index is 1.66. The van der Waals surface area contributed by atoms with Gasteiger partial charge < -0.3 is 14.8 Å².